The van der Waals surface area contributed by atoms with E-state index < -0.39 is 11.9 Å². The molecule has 2 amide bonds. The van der Waals surface area contributed by atoms with Crippen molar-refractivity contribution in [2.45, 2.75) is 59.0 Å². The van der Waals surface area contributed by atoms with Gasteiger partial charge in [0.25, 0.3) is 0 Å². The van der Waals surface area contributed by atoms with Crippen LogP contribution in [0.2, 0.25) is 0 Å². The molecule has 23 heavy (non-hydrogen) atoms. The van der Waals surface area contributed by atoms with E-state index in [9.17, 15) is 14.4 Å². The maximum Gasteiger partial charge on any atom is 0.240 e. The molecule has 0 aromatic carbocycles. The average molecular weight is 323 g/mol. The molecule has 1 aromatic heterocycles. The Labute approximate surface area is 135 Å². The number of nitrogens with two attached hydrogens (primary N) is 1. The van der Waals surface area contributed by atoms with Gasteiger partial charge < -0.3 is 11.1 Å². The van der Waals surface area contributed by atoms with Gasteiger partial charge in [-0.15, -0.1) is 5.10 Å². The van der Waals surface area contributed by atoms with E-state index >= 15 is 0 Å². The zero-order valence-corrected chi connectivity index (χ0v) is 13.9. The summed E-state index contributed by atoms with van der Waals surface area (Å²) in [6.07, 6.45) is 3.31. The summed E-state index contributed by atoms with van der Waals surface area (Å²) in [6.45, 7) is 5.99. The number of rotatable bonds is 10. The molecule has 0 aliphatic carbocycles. The van der Waals surface area contributed by atoms with E-state index in [4.69, 9.17) is 5.73 Å². The maximum atomic E-state index is 11.8. The number of hydrogen-bond acceptors (Lipinski definition) is 5. The molecule has 1 rings (SSSR count). The van der Waals surface area contributed by atoms with Gasteiger partial charge in [-0.1, -0.05) is 19.1 Å². The second kappa shape index (κ2) is 9.02. The smallest absolute Gasteiger partial charge is 0.240 e. The second-order valence-electron chi connectivity index (χ2n) is 6.08. The van der Waals surface area contributed by atoms with E-state index in [1.54, 1.807) is 6.20 Å². The number of primary amides is 1. The van der Waals surface area contributed by atoms with E-state index in [2.05, 4.69) is 15.6 Å². The normalized spacial score (nSPS) is 12.2. The third-order valence-electron chi connectivity index (χ3n) is 3.32. The van der Waals surface area contributed by atoms with Crippen molar-refractivity contribution < 1.29 is 14.4 Å². The number of Topliss-reactive ketones (excluding diaryl/α,β-unsaturated/α-hetero) is 1. The summed E-state index contributed by atoms with van der Waals surface area (Å²) in [5, 5.41) is 10.5. The molecule has 0 saturated carbocycles. The first-order valence-corrected chi connectivity index (χ1v) is 7.75. The molecule has 0 aliphatic rings. The van der Waals surface area contributed by atoms with Crippen LogP contribution in [0.15, 0.2) is 6.20 Å². The number of aromatic nitrogens is 3. The number of aryl methyl sites for hydroxylation is 1. The van der Waals surface area contributed by atoms with E-state index in [-0.39, 0.29) is 18.1 Å². The average Bonchev–Trinajstić information content (AvgIpc) is 2.89. The molecule has 0 saturated heterocycles. The highest BCUT2D eigenvalue weighted by atomic mass is 16.2. The van der Waals surface area contributed by atoms with E-state index in [1.165, 1.54) is 11.6 Å². The Kier molecular flexibility index (Phi) is 7.37. The van der Waals surface area contributed by atoms with Crippen molar-refractivity contribution in [2.24, 2.45) is 11.7 Å². The fourth-order valence-corrected chi connectivity index (χ4v) is 1.93. The van der Waals surface area contributed by atoms with Crippen LogP contribution in [-0.4, -0.2) is 38.6 Å². The van der Waals surface area contributed by atoms with Gasteiger partial charge in [-0.3, -0.25) is 19.1 Å². The Morgan fingerprint density at radius 2 is 2.00 bits per heavy atom. The molecule has 3 N–H and O–H groups in total. The number of hydrogen-bond donors (Lipinski definition) is 2. The summed E-state index contributed by atoms with van der Waals surface area (Å²) < 4.78 is 1.54. The summed E-state index contributed by atoms with van der Waals surface area (Å²) in [5.74, 6) is -0.337. The number of nitrogens with one attached hydrogen (secondary N) is 1. The molecule has 8 nitrogen and oxygen atoms in total. The molecule has 1 atom stereocenters. The van der Waals surface area contributed by atoms with Gasteiger partial charge >= 0.3 is 0 Å². The number of nitrogens with zero attached hydrogens (tertiary/aromatic N) is 3. The van der Waals surface area contributed by atoms with Gasteiger partial charge in [0.05, 0.1) is 5.69 Å². The van der Waals surface area contributed by atoms with Gasteiger partial charge in [-0.05, 0) is 19.3 Å². The topological polar surface area (TPSA) is 120 Å². The van der Waals surface area contributed by atoms with Crippen LogP contribution in [0.1, 0.15) is 45.7 Å². The van der Waals surface area contributed by atoms with Crippen molar-refractivity contribution in [1.82, 2.24) is 20.3 Å². The second-order valence-corrected chi connectivity index (χ2v) is 6.08. The predicted octanol–water partition coefficient (Wildman–Crippen LogP) is 0.206. The molecule has 0 radical (unpaired) electrons. The molecule has 0 aliphatic heterocycles. The lowest BCUT2D eigenvalue weighted by atomic mass is 10.1. The van der Waals surface area contributed by atoms with Gasteiger partial charge in [-0.2, -0.15) is 0 Å². The lowest BCUT2D eigenvalue weighted by molar-refractivity contribution is -0.127. The van der Waals surface area contributed by atoms with Crippen LogP contribution < -0.4 is 11.1 Å². The fraction of sp³-hybridized carbons (Fsp3) is 0.667. The van der Waals surface area contributed by atoms with Crippen LogP contribution in [0, 0.1) is 5.92 Å². The minimum Gasteiger partial charge on any atom is -0.368 e. The summed E-state index contributed by atoms with van der Waals surface area (Å²) >= 11 is 0. The van der Waals surface area contributed by atoms with Gasteiger partial charge in [0.1, 0.15) is 11.8 Å². The Bertz CT molecular complexity index is 553. The maximum absolute atomic E-state index is 11.8. The van der Waals surface area contributed by atoms with Crippen LogP contribution in [0.4, 0.5) is 0 Å². The quantitative estimate of drug-likeness (QED) is 0.637. The first-order chi connectivity index (χ1) is 10.8. The largest absolute Gasteiger partial charge is 0.368 e. The molecular weight excluding hydrogens is 298 g/mol. The highest BCUT2D eigenvalue weighted by Crippen LogP contribution is 2.05. The minimum absolute atomic E-state index is 0.0643. The lowest BCUT2D eigenvalue weighted by Gasteiger charge is -2.14. The molecule has 8 heteroatoms. The summed E-state index contributed by atoms with van der Waals surface area (Å²) in [6, 6.07) is -0.812. The first kappa shape index (κ1) is 18.8. The molecule has 1 aromatic rings. The minimum atomic E-state index is -0.812. The van der Waals surface area contributed by atoms with Crippen molar-refractivity contribution in [3.63, 3.8) is 0 Å². The van der Waals surface area contributed by atoms with Gasteiger partial charge in [0.15, 0.2) is 0 Å². The summed E-state index contributed by atoms with van der Waals surface area (Å²) in [5.41, 5.74) is 5.88. The molecule has 0 fully saturated rings. The molecule has 0 spiro atoms. The number of carbonyl (C=O) groups is 3. The monoisotopic (exact) mass is 323 g/mol. The Balaban J connectivity index is 2.57. The van der Waals surface area contributed by atoms with Gasteiger partial charge in [-0.25, -0.2) is 0 Å². The summed E-state index contributed by atoms with van der Waals surface area (Å²) in [4.78, 5) is 34.3. The fourth-order valence-electron chi connectivity index (χ4n) is 1.93. The third kappa shape index (κ3) is 7.53. The van der Waals surface area contributed by atoms with Crippen molar-refractivity contribution in [2.75, 3.05) is 0 Å². The van der Waals surface area contributed by atoms with E-state index in [0.717, 1.165) is 6.42 Å². The lowest BCUT2D eigenvalue weighted by Crippen LogP contribution is -2.45. The third-order valence-corrected chi connectivity index (χ3v) is 3.32. The van der Waals surface area contributed by atoms with Crippen LogP contribution >= 0.6 is 0 Å². The molecular formula is C15H25N5O3. The van der Waals surface area contributed by atoms with Crippen molar-refractivity contribution in [3.05, 3.63) is 11.9 Å². The zero-order chi connectivity index (χ0) is 17.4. The van der Waals surface area contributed by atoms with Crippen LogP contribution in [0.25, 0.3) is 0 Å². The standard InChI is InChI=1S/C15H25N5O3/c1-10(2)4-5-14(22)17-13(15(16)23)8-12-9-20(19-18-12)7-6-11(3)21/h9-10,13H,4-8H2,1-3H3,(H2,16,23)(H,17,22). The first-order valence-electron chi connectivity index (χ1n) is 7.75. The molecule has 128 valence electrons. The number of ketones is 1. The van der Waals surface area contributed by atoms with Crippen molar-refractivity contribution >= 4 is 17.6 Å². The summed E-state index contributed by atoms with van der Waals surface area (Å²) in [7, 11) is 0. The Morgan fingerprint density at radius 3 is 2.57 bits per heavy atom. The SMILES string of the molecule is CC(=O)CCn1cc(CC(NC(=O)CCC(C)C)C(N)=O)nn1. The number of carbonyl (C=O) groups excluding carboxylic acids is 3. The van der Waals surface area contributed by atoms with E-state index in [0.29, 0.717) is 31.0 Å². The van der Waals surface area contributed by atoms with Crippen molar-refractivity contribution in [1.29, 1.82) is 0 Å². The zero-order valence-electron chi connectivity index (χ0n) is 13.9. The van der Waals surface area contributed by atoms with Gasteiger partial charge in [0, 0.05) is 32.0 Å². The predicted molar refractivity (Wildman–Crippen MR) is 84.2 cm³/mol. The van der Waals surface area contributed by atoms with Crippen LogP contribution in [0.3, 0.4) is 0 Å². The Hall–Kier alpha value is -2.25. The van der Waals surface area contributed by atoms with Crippen molar-refractivity contribution in [3.8, 4) is 0 Å². The van der Waals surface area contributed by atoms with E-state index in [1.807, 2.05) is 13.8 Å². The highest BCUT2D eigenvalue weighted by Gasteiger charge is 2.20. The van der Waals surface area contributed by atoms with Crippen LogP contribution in [0.5, 0.6) is 0 Å². The molecule has 1 heterocycles. The Morgan fingerprint density at radius 1 is 1.30 bits per heavy atom. The van der Waals surface area contributed by atoms with Gasteiger partial charge in [0.2, 0.25) is 11.8 Å². The number of amides is 2. The van der Waals surface area contributed by atoms with Crippen LogP contribution in [-0.2, 0) is 27.3 Å². The highest BCUT2D eigenvalue weighted by molar-refractivity contribution is 5.86. The molecule has 0 bridgehead atoms. The molecule has 1 unspecified atom stereocenters.